The van der Waals surface area contributed by atoms with Crippen LogP contribution in [-0.2, 0) is 12.1 Å². The number of rotatable bonds is 7. The average molecular weight is 404 g/mol. The van der Waals surface area contributed by atoms with Crippen molar-refractivity contribution in [3.05, 3.63) is 89.1 Å². The Morgan fingerprint density at radius 1 is 1.03 bits per heavy atom. The Bertz CT molecular complexity index is 1040. The predicted molar refractivity (Wildman–Crippen MR) is 114 cm³/mol. The highest BCUT2D eigenvalue weighted by Crippen LogP contribution is 2.24. The van der Waals surface area contributed by atoms with Gasteiger partial charge in [-0.25, -0.2) is 4.98 Å². The molecular weight excluding hydrogens is 380 g/mol. The summed E-state index contributed by atoms with van der Waals surface area (Å²) in [6, 6.07) is 17.4. The van der Waals surface area contributed by atoms with Crippen LogP contribution in [0.2, 0.25) is 0 Å². The van der Waals surface area contributed by atoms with E-state index in [9.17, 15) is 14.7 Å². The standard InChI is InChI=1S/C24H24N2O4/c1-16(27)18-8-12-20(13-9-18)30-23-21(5-4-14-25-23)22(28)26-15-17-6-10-19(11-7-17)24(2,3)29/h4-14,29H,15H2,1-3H3,(H,26,28). The Morgan fingerprint density at radius 2 is 1.70 bits per heavy atom. The van der Waals surface area contributed by atoms with E-state index in [0.29, 0.717) is 23.4 Å². The van der Waals surface area contributed by atoms with Crippen LogP contribution < -0.4 is 10.1 Å². The second-order valence-corrected chi connectivity index (χ2v) is 7.48. The Labute approximate surface area is 175 Å². The summed E-state index contributed by atoms with van der Waals surface area (Å²) in [6.45, 7) is 5.27. The molecule has 30 heavy (non-hydrogen) atoms. The van der Waals surface area contributed by atoms with Gasteiger partial charge in [-0.3, -0.25) is 9.59 Å². The fourth-order valence-electron chi connectivity index (χ4n) is 2.82. The van der Waals surface area contributed by atoms with Gasteiger partial charge in [0.1, 0.15) is 11.3 Å². The largest absolute Gasteiger partial charge is 0.438 e. The first kappa shape index (κ1) is 21.2. The van der Waals surface area contributed by atoms with Crippen molar-refractivity contribution in [2.75, 3.05) is 0 Å². The number of Topliss-reactive ketones (excluding diaryl/α,β-unsaturated/α-hetero) is 1. The predicted octanol–water partition coefficient (Wildman–Crippen LogP) is 4.23. The molecule has 0 aliphatic heterocycles. The quantitative estimate of drug-likeness (QED) is 0.575. The second-order valence-electron chi connectivity index (χ2n) is 7.48. The minimum Gasteiger partial charge on any atom is -0.438 e. The molecule has 0 spiro atoms. The Hall–Kier alpha value is -3.51. The van der Waals surface area contributed by atoms with E-state index < -0.39 is 5.60 Å². The number of hydrogen-bond donors (Lipinski definition) is 2. The fraction of sp³-hybridized carbons (Fsp3) is 0.208. The summed E-state index contributed by atoms with van der Waals surface area (Å²) < 4.78 is 5.76. The smallest absolute Gasteiger partial charge is 0.257 e. The lowest BCUT2D eigenvalue weighted by molar-refractivity contribution is 0.0785. The minimum atomic E-state index is -0.910. The molecule has 2 aromatic carbocycles. The molecule has 1 aromatic heterocycles. The number of aromatic nitrogens is 1. The van der Waals surface area contributed by atoms with Crippen LogP contribution in [0.5, 0.6) is 11.6 Å². The van der Waals surface area contributed by atoms with Crippen molar-refractivity contribution in [1.82, 2.24) is 10.3 Å². The summed E-state index contributed by atoms with van der Waals surface area (Å²) in [5, 5.41) is 12.9. The summed E-state index contributed by atoms with van der Waals surface area (Å²) in [4.78, 5) is 28.2. The molecule has 0 fully saturated rings. The number of ether oxygens (including phenoxy) is 1. The van der Waals surface area contributed by atoms with Gasteiger partial charge in [0.15, 0.2) is 5.78 Å². The summed E-state index contributed by atoms with van der Waals surface area (Å²) in [5.74, 6) is 0.318. The number of pyridine rings is 1. The molecule has 0 saturated heterocycles. The first-order valence-electron chi connectivity index (χ1n) is 9.58. The highest BCUT2D eigenvalue weighted by Gasteiger charge is 2.16. The number of nitrogens with one attached hydrogen (secondary N) is 1. The fourth-order valence-corrected chi connectivity index (χ4v) is 2.82. The number of amides is 1. The van der Waals surface area contributed by atoms with Crippen LogP contribution in [0.4, 0.5) is 0 Å². The van der Waals surface area contributed by atoms with Gasteiger partial charge in [0.05, 0.1) is 5.60 Å². The van der Waals surface area contributed by atoms with Gasteiger partial charge in [-0.05, 0) is 68.3 Å². The molecule has 3 aromatic rings. The Kier molecular flexibility index (Phi) is 6.28. The number of carbonyl (C=O) groups excluding carboxylic acids is 2. The maximum Gasteiger partial charge on any atom is 0.257 e. The van der Waals surface area contributed by atoms with Crippen LogP contribution in [-0.4, -0.2) is 21.8 Å². The van der Waals surface area contributed by atoms with Crippen molar-refractivity contribution in [2.24, 2.45) is 0 Å². The van der Waals surface area contributed by atoms with Crippen molar-refractivity contribution in [3.63, 3.8) is 0 Å². The molecule has 3 rings (SSSR count). The second kappa shape index (κ2) is 8.88. The van der Waals surface area contributed by atoms with Crippen LogP contribution in [0.15, 0.2) is 66.9 Å². The van der Waals surface area contributed by atoms with Crippen LogP contribution in [0.1, 0.15) is 52.6 Å². The molecule has 0 aliphatic rings. The third-order valence-corrected chi connectivity index (χ3v) is 4.60. The van der Waals surface area contributed by atoms with Gasteiger partial charge in [-0.1, -0.05) is 24.3 Å². The molecule has 6 nitrogen and oxygen atoms in total. The van der Waals surface area contributed by atoms with E-state index in [4.69, 9.17) is 4.74 Å². The number of benzene rings is 2. The molecule has 0 aliphatic carbocycles. The van der Waals surface area contributed by atoms with Crippen LogP contribution >= 0.6 is 0 Å². The average Bonchev–Trinajstić information content (AvgIpc) is 2.72. The van der Waals surface area contributed by atoms with Crippen molar-refractivity contribution in [2.45, 2.75) is 32.9 Å². The zero-order valence-corrected chi connectivity index (χ0v) is 17.2. The van der Waals surface area contributed by atoms with Gasteiger partial charge in [-0.2, -0.15) is 0 Å². The number of nitrogens with zero attached hydrogens (tertiary/aromatic N) is 1. The molecule has 6 heteroatoms. The van der Waals surface area contributed by atoms with E-state index in [1.807, 2.05) is 24.3 Å². The summed E-state index contributed by atoms with van der Waals surface area (Å²) >= 11 is 0. The zero-order chi connectivity index (χ0) is 21.7. The first-order chi connectivity index (χ1) is 14.2. The molecule has 2 N–H and O–H groups in total. The van der Waals surface area contributed by atoms with E-state index in [0.717, 1.165) is 11.1 Å². The van der Waals surface area contributed by atoms with Crippen molar-refractivity contribution in [1.29, 1.82) is 0 Å². The molecular formula is C24H24N2O4. The number of carbonyl (C=O) groups is 2. The SMILES string of the molecule is CC(=O)c1ccc(Oc2ncccc2C(=O)NCc2ccc(C(C)(C)O)cc2)cc1. The highest BCUT2D eigenvalue weighted by molar-refractivity contribution is 5.96. The Morgan fingerprint density at radius 3 is 2.30 bits per heavy atom. The molecule has 1 heterocycles. The van der Waals surface area contributed by atoms with E-state index in [2.05, 4.69) is 10.3 Å². The molecule has 0 atom stereocenters. The summed E-state index contributed by atoms with van der Waals surface area (Å²) in [5.41, 5.74) is 1.68. The van der Waals surface area contributed by atoms with Gasteiger partial charge in [-0.15, -0.1) is 0 Å². The van der Waals surface area contributed by atoms with Gasteiger partial charge < -0.3 is 15.2 Å². The molecule has 0 unspecified atom stereocenters. The van der Waals surface area contributed by atoms with E-state index in [1.165, 1.54) is 6.92 Å². The van der Waals surface area contributed by atoms with Crippen molar-refractivity contribution in [3.8, 4) is 11.6 Å². The third kappa shape index (κ3) is 5.30. The molecule has 0 saturated carbocycles. The minimum absolute atomic E-state index is 0.0324. The molecule has 154 valence electrons. The van der Waals surface area contributed by atoms with Gasteiger partial charge in [0.25, 0.3) is 5.91 Å². The van der Waals surface area contributed by atoms with E-state index in [-0.39, 0.29) is 17.6 Å². The lowest BCUT2D eigenvalue weighted by atomic mass is 9.97. The normalized spacial score (nSPS) is 11.1. The molecule has 0 radical (unpaired) electrons. The van der Waals surface area contributed by atoms with Gasteiger partial charge >= 0.3 is 0 Å². The lowest BCUT2D eigenvalue weighted by Crippen LogP contribution is -2.23. The van der Waals surface area contributed by atoms with E-state index >= 15 is 0 Å². The van der Waals surface area contributed by atoms with Crippen molar-refractivity contribution >= 4 is 11.7 Å². The maximum absolute atomic E-state index is 12.7. The maximum atomic E-state index is 12.7. The van der Waals surface area contributed by atoms with Crippen LogP contribution in [0.3, 0.4) is 0 Å². The van der Waals surface area contributed by atoms with Gasteiger partial charge in [0.2, 0.25) is 5.88 Å². The topological polar surface area (TPSA) is 88.5 Å². The van der Waals surface area contributed by atoms with Gasteiger partial charge in [0, 0.05) is 18.3 Å². The third-order valence-electron chi connectivity index (χ3n) is 4.60. The van der Waals surface area contributed by atoms with Crippen LogP contribution in [0.25, 0.3) is 0 Å². The zero-order valence-electron chi connectivity index (χ0n) is 17.2. The monoisotopic (exact) mass is 404 g/mol. The lowest BCUT2D eigenvalue weighted by Gasteiger charge is -2.18. The molecule has 1 amide bonds. The first-order valence-corrected chi connectivity index (χ1v) is 9.58. The van der Waals surface area contributed by atoms with Crippen molar-refractivity contribution < 1.29 is 19.4 Å². The van der Waals surface area contributed by atoms with Crippen LogP contribution in [0, 0.1) is 0 Å². The summed E-state index contributed by atoms with van der Waals surface area (Å²) in [7, 11) is 0. The number of hydrogen-bond acceptors (Lipinski definition) is 5. The Balaban J connectivity index is 1.68. The highest BCUT2D eigenvalue weighted by atomic mass is 16.5. The summed E-state index contributed by atoms with van der Waals surface area (Å²) in [6.07, 6.45) is 1.55. The number of aliphatic hydroxyl groups is 1. The van der Waals surface area contributed by atoms with E-state index in [1.54, 1.807) is 56.4 Å². The molecule has 0 bridgehead atoms. The number of ketones is 1.